The number of nitrogens with zero attached hydrogens (tertiary/aromatic N) is 2. The van der Waals surface area contributed by atoms with Gasteiger partial charge in [-0.05, 0) is 55.0 Å². The van der Waals surface area contributed by atoms with Crippen LogP contribution in [-0.4, -0.2) is 31.2 Å². The maximum atomic E-state index is 13.3. The van der Waals surface area contributed by atoms with E-state index in [9.17, 15) is 9.59 Å². The van der Waals surface area contributed by atoms with Gasteiger partial charge in [-0.1, -0.05) is 24.3 Å². The number of rotatable bonds is 6. The van der Waals surface area contributed by atoms with Crippen LogP contribution < -0.4 is 14.4 Å². The standard InChI is InChI=1S/C25H22N2O5S/c1-16-14-17(32-15-23-26-19-9-5-7-11-22(19)33-23)12-13-20(16)27(25(29)31-3)24(28)18-8-4-6-10-21(18)30-2/h4-14H,15H2,1-3H3. The SMILES string of the molecule is COC(=O)N(C(=O)c1ccccc1OC)c1ccc(OCc2nc3ccccc3s2)cc1C. The molecule has 1 aromatic heterocycles. The summed E-state index contributed by atoms with van der Waals surface area (Å²) in [6.45, 7) is 2.12. The van der Waals surface area contributed by atoms with Gasteiger partial charge in [0.25, 0.3) is 5.91 Å². The molecule has 0 unspecified atom stereocenters. The van der Waals surface area contributed by atoms with Gasteiger partial charge in [-0.2, -0.15) is 0 Å². The third-order valence-corrected chi connectivity index (χ3v) is 6.02. The smallest absolute Gasteiger partial charge is 0.421 e. The molecule has 33 heavy (non-hydrogen) atoms. The van der Waals surface area contributed by atoms with E-state index in [-0.39, 0.29) is 5.56 Å². The number of carbonyl (C=O) groups is 2. The van der Waals surface area contributed by atoms with Crippen LogP contribution >= 0.6 is 11.3 Å². The van der Waals surface area contributed by atoms with Crippen LogP contribution in [0.3, 0.4) is 0 Å². The Labute approximate surface area is 195 Å². The van der Waals surface area contributed by atoms with E-state index in [4.69, 9.17) is 14.2 Å². The van der Waals surface area contributed by atoms with Crippen LogP contribution in [0.1, 0.15) is 20.9 Å². The van der Waals surface area contributed by atoms with E-state index in [0.717, 1.165) is 20.1 Å². The van der Waals surface area contributed by atoms with Gasteiger partial charge in [0.15, 0.2) is 0 Å². The van der Waals surface area contributed by atoms with Gasteiger partial charge in [0, 0.05) is 0 Å². The molecule has 168 valence electrons. The first-order valence-electron chi connectivity index (χ1n) is 10.1. The van der Waals surface area contributed by atoms with Crippen molar-refractivity contribution in [3.8, 4) is 11.5 Å². The summed E-state index contributed by atoms with van der Waals surface area (Å²) in [5.41, 5.74) is 2.26. The monoisotopic (exact) mass is 462 g/mol. The van der Waals surface area contributed by atoms with Crippen molar-refractivity contribution in [2.75, 3.05) is 19.1 Å². The molecule has 0 aliphatic heterocycles. The maximum Gasteiger partial charge on any atom is 0.421 e. The van der Waals surface area contributed by atoms with Gasteiger partial charge in [0.05, 0.1) is 35.7 Å². The zero-order chi connectivity index (χ0) is 23.4. The molecule has 3 aromatic carbocycles. The average Bonchev–Trinajstić information content (AvgIpc) is 3.26. The fourth-order valence-corrected chi connectivity index (χ4v) is 4.30. The second kappa shape index (κ2) is 9.70. The van der Waals surface area contributed by atoms with Gasteiger partial charge in [0.1, 0.15) is 23.1 Å². The predicted octanol–water partition coefficient (Wildman–Crippen LogP) is 5.61. The fourth-order valence-electron chi connectivity index (χ4n) is 3.42. The number of anilines is 1. The van der Waals surface area contributed by atoms with Crippen molar-refractivity contribution < 1.29 is 23.8 Å². The van der Waals surface area contributed by atoms with Crippen molar-refractivity contribution in [1.82, 2.24) is 4.98 Å². The summed E-state index contributed by atoms with van der Waals surface area (Å²) >= 11 is 1.58. The Bertz CT molecular complexity index is 1280. The van der Waals surface area contributed by atoms with Crippen molar-refractivity contribution in [1.29, 1.82) is 0 Å². The molecule has 1 heterocycles. The second-order valence-electron chi connectivity index (χ2n) is 7.12. The van der Waals surface area contributed by atoms with E-state index in [1.54, 1.807) is 60.7 Å². The molecule has 4 aromatic rings. The van der Waals surface area contributed by atoms with E-state index < -0.39 is 12.0 Å². The first kappa shape index (κ1) is 22.3. The molecule has 0 saturated carbocycles. The lowest BCUT2D eigenvalue weighted by molar-refractivity contribution is 0.0972. The van der Waals surface area contributed by atoms with Crippen LogP contribution in [0.4, 0.5) is 10.5 Å². The molecule has 4 rings (SSSR count). The molecule has 0 N–H and O–H groups in total. The molecule has 0 aliphatic rings. The number of amides is 2. The van der Waals surface area contributed by atoms with Crippen molar-refractivity contribution in [3.05, 3.63) is 82.9 Å². The summed E-state index contributed by atoms with van der Waals surface area (Å²) in [5, 5.41) is 0.862. The predicted molar refractivity (Wildman–Crippen MR) is 127 cm³/mol. The highest BCUT2D eigenvalue weighted by atomic mass is 32.1. The van der Waals surface area contributed by atoms with Gasteiger partial charge in [-0.15, -0.1) is 11.3 Å². The number of hydrogen-bond donors (Lipinski definition) is 0. The van der Waals surface area contributed by atoms with Crippen LogP contribution in [0.25, 0.3) is 10.2 Å². The van der Waals surface area contributed by atoms with E-state index in [1.165, 1.54) is 14.2 Å². The highest BCUT2D eigenvalue weighted by Gasteiger charge is 2.29. The number of ether oxygens (including phenoxy) is 3. The molecule has 0 bridgehead atoms. The van der Waals surface area contributed by atoms with Gasteiger partial charge < -0.3 is 14.2 Å². The van der Waals surface area contributed by atoms with Crippen molar-refractivity contribution in [2.24, 2.45) is 0 Å². The highest BCUT2D eigenvalue weighted by Crippen LogP contribution is 2.30. The minimum Gasteiger partial charge on any atom is -0.496 e. The van der Waals surface area contributed by atoms with Crippen LogP contribution in [0.15, 0.2) is 66.7 Å². The molecule has 0 saturated heterocycles. The number of methoxy groups -OCH3 is 2. The number of benzene rings is 3. The summed E-state index contributed by atoms with van der Waals surface area (Å²) in [7, 11) is 2.70. The molecule has 0 radical (unpaired) electrons. The zero-order valence-electron chi connectivity index (χ0n) is 18.4. The normalized spacial score (nSPS) is 10.6. The molecular formula is C25H22N2O5S. The Morgan fingerprint density at radius 3 is 2.48 bits per heavy atom. The van der Waals surface area contributed by atoms with Gasteiger partial charge in [0.2, 0.25) is 0 Å². The lowest BCUT2D eigenvalue weighted by atomic mass is 10.1. The first-order valence-corrected chi connectivity index (χ1v) is 11.0. The minimum absolute atomic E-state index is 0.251. The summed E-state index contributed by atoms with van der Waals surface area (Å²) < 4.78 is 17.2. The Balaban J connectivity index is 1.58. The Morgan fingerprint density at radius 2 is 1.76 bits per heavy atom. The number of para-hydroxylation sites is 2. The fraction of sp³-hybridized carbons (Fsp3) is 0.160. The number of aryl methyl sites for hydroxylation is 1. The Kier molecular flexibility index (Phi) is 6.55. The zero-order valence-corrected chi connectivity index (χ0v) is 19.2. The molecule has 7 nitrogen and oxygen atoms in total. The summed E-state index contributed by atoms with van der Waals surface area (Å²) in [4.78, 5) is 31.4. The van der Waals surface area contributed by atoms with Crippen molar-refractivity contribution >= 4 is 39.2 Å². The highest BCUT2D eigenvalue weighted by molar-refractivity contribution is 7.18. The maximum absolute atomic E-state index is 13.3. The second-order valence-corrected chi connectivity index (χ2v) is 8.24. The van der Waals surface area contributed by atoms with E-state index in [0.29, 0.717) is 29.4 Å². The molecule has 0 atom stereocenters. The quantitative estimate of drug-likeness (QED) is 0.371. The Hall–Kier alpha value is -3.91. The van der Waals surface area contributed by atoms with E-state index >= 15 is 0 Å². The number of aromatic nitrogens is 1. The molecule has 0 spiro atoms. The van der Waals surface area contributed by atoms with Crippen molar-refractivity contribution in [3.63, 3.8) is 0 Å². The van der Waals surface area contributed by atoms with Crippen LogP contribution in [0, 0.1) is 6.92 Å². The van der Waals surface area contributed by atoms with Crippen LogP contribution in [0.5, 0.6) is 11.5 Å². The van der Waals surface area contributed by atoms with Gasteiger partial charge in [-0.3, -0.25) is 4.79 Å². The van der Waals surface area contributed by atoms with E-state index in [2.05, 4.69) is 4.98 Å². The number of thiazole rings is 1. The number of carbonyl (C=O) groups excluding carboxylic acids is 2. The number of hydrogen-bond acceptors (Lipinski definition) is 7. The summed E-state index contributed by atoms with van der Waals surface area (Å²) in [6, 6.07) is 19.8. The Morgan fingerprint density at radius 1 is 1.00 bits per heavy atom. The summed E-state index contributed by atoms with van der Waals surface area (Å²) in [5.74, 6) is 0.417. The third kappa shape index (κ3) is 4.65. The topological polar surface area (TPSA) is 78.0 Å². The first-order chi connectivity index (χ1) is 16.0. The van der Waals surface area contributed by atoms with Gasteiger partial charge in [-0.25, -0.2) is 14.7 Å². The molecule has 2 amide bonds. The lowest BCUT2D eigenvalue weighted by Crippen LogP contribution is -2.37. The summed E-state index contributed by atoms with van der Waals surface area (Å²) in [6.07, 6.45) is -0.794. The molecule has 0 fully saturated rings. The van der Waals surface area contributed by atoms with Gasteiger partial charge >= 0.3 is 6.09 Å². The molecular weight excluding hydrogens is 440 g/mol. The lowest BCUT2D eigenvalue weighted by Gasteiger charge is -2.22. The van der Waals surface area contributed by atoms with E-state index in [1.807, 2.05) is 24.3 Å². The van der Waals surface area contributed by atoms with Crippen LogP contribution in [-0.2, 0) is 11.3 Å². The largest absolute Gasteiger partial charge is 0.496 e. The number of fused-ring (bicyclic) bond motifs is 1. The number of imide groups is 1. The molecule has 0 aliphatic carbocycles. The minimum atomic E-state index is -0.794. The average molecular weight is 463 g/mol. The van der Waals surface area contributed by atoms with Crippen LogP contribution in [0.2, 0.25) is 0 Å². The van der Waals surface area contributed by atoms with Crippen molar-refractivity contribution in [2.45, 2.75) is 13.5 Å². The third-order valence-electron chi connectivity index (χ3n) is 5.01. The molecule has 8 heteroatoms.